The molecule has 18 nitrogen and oxygen atoms in total. The minimum Gasteiger partial charge on any atom is -0.461 e. The zero-order chi connectivity index (χ0) is 44.6. The predicted molar refractivity (Wildman–Crippen MR) is 224 cm³/mol. The molecule has 6 N–H and O–H groups in total. The summed E-state index contributed by atoms with van der Waals surface area (Å²) in [4.78, 5) is 52.3. The van der Waals surface area contributed by atoms with Gasteiger partial charge in [-0.15, -0.1) is 5.10 Å². The fourth-order valence-corrected chi connectivity index (χ4v) is 7.04. The minimum absolute atomic E-state index is 0.0617. The van der Waals surface area contributed by atoms with Gasteiger partial charge in [-0.25, -0.2) is 9.59 Å². The van der Waals surface area contributed by atoms with Crippen molar-refractivity contribution < 1.29 is 53.1 Å². The second-order valence-electron chi connectivity index (χ2n) is 16.2. The fourth-order valence-electron chi connectivity index (χ4n) is 7.04. The number of aromatic nitrogens is 3. The molecule has 0 spiro atoms. The molecule has 3 aliphatic heterocycles. The SMILES string of the molecule is CC.COC1CCCNC(C)[C@@H]2C(COC(=O)C(C)C(=O)CC1)OC(=O)N2CCCCn1cc(-c2cccc(NC(=O)OC(C)(C)C)c2)nn1.C[C@@H]1CC(N)C(O)C(O)O1. The number of benzene rings is 1. The van der Waals surface area contributed by atoms with Crippen LogP contribution in [0.25, 0.3) is 11.3 Å². The van der Waals surface area contributed by atoms with Gasteiger partial charge in [-0.3, -0.25) is 24.5 Å². The molecule has 4 heterocycles. The third-order valence-electron chi connectivity index (χ3n) is 10.3. The van der Waals surface area contributed by atoms with Crippen LogP contribution in [0.15, 0.2) is 30.5 Å². The van der Waals surface area contributed by atoms with Crippen LogP contribution in [0.3, 0.4) is 0 Å². The number of ketones is 1. The highest BCUT2D eigenvalue weighted by atomic mass is 16.6. The molecular weight excluding hydrogens is 778 g/mol. The van der Waals surface area contributed by atoms with Gasteiger partial charge in [-0.2, -0.15) is 0 Å². The van der Waals surface area contributed by atoms with Crippen LogP contribution in [0.2, 0.25) is 0 Å². The molecule has 338 valence electrons. The van der Waals surface area contributed by atoms with Crippen molar-refractivity contribution in [3.8, 4) is 11.3 Å². The van der Waals surface area contributed by atoms with E-state index in [-0.39, 0.29) is 49.1 Å². The highest BCUT2D eigenvalue weighted by Gasteiger charge is 2.45. The second-order valence-corrected chi connectivity index (χ2v) is 16.2. The van der Waals surface area contributed by atoms with Crippen LogP contribution in [-0.4, -0.2) is 135 Å². The Balaban J connectivity index is 0.000000692. The molecule has 0 saturated carbocycles. The summed E-state index contributed by atoms with van der Waals surface area (Å²) in [5.74, 6) is -1.70. The number of nitrogens with two attached hydrogens (primary N) is 1. The van der Waals surface area contributed by atoms with Crippen LogP contribution < -0.4 is 16.4 Å². The van der Waals surface area contributed by atoms with E-state index < -0.39 is 48.2 Å². The van der Waals surface area contributed by atoms with E-state index >= 15 is 0 Å². The molecule has 3 aliphatic rings. The van der Waals surface area contributed by atoms with Gasteiger partial charge < -0.3 is 44.9 Å². The lowest BCUT2D eigenvalue weighted by Gasteiger charge is -2.33. The zero-order valence-corrected chi connectivity index (χ0v) is 36.8. The van der Waals surface area contributed by atoms with E-state index in [0.717, 1.165) is 24.8 Å². The largest absolute Gasteiger partial charge is 0.461 e. The van der Waals surface area contributed by atoms with Gasteiger partial charge in [0, 0.05) is 50.0 Å². The number of aryl methyl sites for hydroxylation is 1. The van der Waals surface area contributed by atoms with E-state index in [0.29, 0.717) is 50.3 Å². The Kier molecular flexibility index (Phi) is 20.3. The highest BCUT2D eigenvalue weighted by Crippen LogP contribution is 2.26. The number of anilines is 1. The van der Waals surface area contributed by atoms with E-state index in [1.807, 2.05) is 52.1 Å². The van der Waals surface area contributed by atoms with Gasteiger partial charge in [0.2, 0.25) is 0 Å². The maximum absolute atomic E-state index is 13.0. The number of rotatable bonds is 8. The predicted octanol–water partition coefficient (Wildman–Crippen LogP) is 4.41. The Labute approximate surface area is 354 Å². The quantitative estimate of drug-likeness (QED) is 0.107. The second kappa shape index (κ2) is 24.3. The Morgan fingerprint density at radius 2 is 1.80 bits per heavy atom. The van der Waals surface area contributed by atoms with Crippen molar-refractivity contribution in [2.24, 2.45) is 11.7 Å². The number of Topliss-reactive ketones (excluding diaryl/α,β-unsaturated/α-hetero) is 1. The van der Waals surface area contributed by atoms with E-state index in [4.69, 9.17) is 39.6 Å². The van der Waals surface area contributed by atoms with Crippen LogP contribution in [0.5, 0.6) is 0 Å². The number of amides is 2. The Morgan fingerprint density at radius 3 is 2.48 bits per heavy atom. The van der Waals surface area contributed by atoms with Crippen molar-refractivity contribution in [3.63, 3.8) is 0 Å². The molecule has 0 aliphatic carbocycles. The summed E-state index contributed by atoms with van der Waals surface area (Å²) < 4.78 is 28.8. The number of aliphatic hydroxyl groups excluding tert-OH is 2. The maximum Gasteiger partial charge on any atom is 0.412 e. The smallest absolute Gasteiger partial charge is 0.412 e. The molecule has 3 fully saturated rings. The lowest BCUT2D eigenvalue weighted by atomic mass is 9.99. The molecule has 60 heavy (non-hydrogen) atoms. The van der Waals surface area contributed by atoms with E-state index in [9.17, 15) is 19.2 Å². The first-order valence-corrected chi connectivity index (χ1v) is 21.2. The van der Waals surface area contributed by atoms with Crippen LogP contribution in [0, 0.1) is 5.92 Å². The number of hydrogen-bond acceptors (Lipinski definition) is 15. The number of carbonyl (C=O) groups excluding carboxylic acids is 4. The summed E-state index contributed by atoms with van der Waals surface area (Å²) in [5.41, 5.74) is 6.90. The number of nitrogens with one attached hydrogen (secondary N) is 2. The summed E-state index contributed by atoms with van der Waals surface area (Å²) in [6.07, 6.45) is 2.39. The van der Waals surface area contributed by atoms with Crippen LogP contribution >= 0.6 is 0 Å². The number of methoxy groups -OCH3 is 1. The molecular formula is C42H69N7O11. The summed E-state index contributed by atoms with van der Waals surface area (Å²) in [5, 5.41) is 32.8. The Bertz CT molecular complexity index is 1640. The molecule has 0 radical (unpaired) electrons. The van der Waals surface area contributed by atoms with Crippen molar-refractivity contribution in [2.45, 2.75) is 161 Å². The Morgan fingerprint density at radius 1 is 1.08 bits per heavy atom. The third kappa shape index (κ3) is 15.7. The number of ether oxygens (including phenoxy) is 5. The molecule has 5 rings (SSSR count). The molecule has 7 unspecified atom stereocenters. The van der Waals surface area contributed by atoms with E-state index in [1.165, 1.54) is 0 Å². The first kappa shape index (κ1) is 50.2. The number of cyclic esters (lactones) is 1. The van der Waals surface area contributed by atoms with Crippen LogP contribution in [-0.2, 0) is 39.8 Å². The molecule has 2 aromatic rings. The molecule has 3 saturated heterocycles. The van der Waals surface area contributed by atoms with Crippen molar-refractivity contribution >= 4 is 29.6 Å². The van der Waals surface area contributed by atoms with Crippen LogP contribution in [0.1, 0.15) is 100 Å². The van der Waals surface area contributed by atoms with Gasteiger partial charge in [0.1, 0.15) is 35.7 Å². The monoisotopic (exact) mass is 848 g/mol. The average molecular weight is 848 g/mol. The highest BCUT2D eigenvalue weighted by molar-refractivity contribution is 5.98. The molecule has 9 atom stereocenters. The normalized spacial score (nSPS) is 28.0. The number of unbranched alkanes of at least 4 members (excludes halogenated alkanes) is 1. The van der Waals surface area contributed by atoms with Crippen molar-refractivity contribution in [2.75, 3.05) is 32.1 Å². The summed E-state index contributed by atoms with van der Waals surface area (Å²) >= 11 is 0. The van der Waals surface area contributed by atoms with E-state index in [2.05, 4.69) is 20.9 Å². The minimum atomic E-state index is -1.11. The molecule has 1 aromatic heterocycles. The summed E-state index contributed by atoms with van der Waals surface area (Å²) in [7, 11) is 1.63. The van der Waals surface area contributed by atoms with Crippen molar-refractivity contribution in [3.05, 3.63) is 30.5 Å². The van der Waals surface area contributed by atoms with Gasteiger partial charge in [0.15, 0.2) is 12.4 Å². The van der Waals surface area contributed by atoms with Crippen LogP contribution in [0.4, 0.5) is 15.3 Å². The molecule has 1 aromatic carbocycles. The maximum atomic E-state index is 13.0. The summed E-state index contributed by atoms with van der Waals surface area (Å²) in [6.45, 7) is 16.4. The molecule has 2 amide bonds. The first-order valence-electron chi connectivity index (χ1n) is 21.2. The standard InChI is InChI=1S/C34H50N6O8.C6H13NO3.C2H6/c1-22-28(41)15-14-26(45-6)13-10-16-35-23(2)30-29(21-46-31(22)42)47-33(44)40(30)18-8-7-17-39-20-27(37-38-39)24-11-9-12-25(19-24)36-32(43)48-34(3,4)5;1-3-2-4(7)5(8)6(9)10-3;1-2/h9,11-12,19-20,22-23,26,29-30,35H,7-8,10,13-18,21H2,1-6H3,(H,36,43);3-6,8-9H,2,7H2,1H3;1-2H3/t22?,23?,26?,29?,30-;3-,4?,5?,6?;/m11./s1. The topological polar surface area (TPSA) is 239 Å². The lowest BCUT2D eigenvalue weighted by molar-refractivity contribution is -0.216. The van der Waals surface area contributed by atoms with Gasteiger partial charge >= 0.3 is 18.2 Å². The van der Waals surface area contributed by atoms with Crippen molar-refractivity contribution in [1.82, 2.24) is 25.2 Å². The van der Waals surface area contributed by atoms with Gasteiger partial charge in [-0.1, -0.05) is 31.2 Å². The number of nitrogens with zero attached hydrogens (tertiary/aromatic N) is 4. The number of hydrogen-bond donors (Lipinski definition) is 5. The lowest BCUT2D eigenvalue weighted by Crippen LogP contribution is -2.52. The number of fused-ring (bicyclic) bond motifs is 1. The fraction of sp³-hybridized carbons (Fsp3) is 0.714. The zero-order valence-electron chi connectivity index (χ0n) is 36.8. The van der Waals surface area contributed by atoms with Gasteiger partial charge in [0.25, 0.3) is 0 Å². The molecule has 18 heteroatoms. The number of aliphatic hydroxyl groups is 2. The molecule has 0 bridgehead atoms. The average Bonchev–Trinajstić information content (AvgIpc) is 3.80. The number of carbonyl (C=O) groups is 4. The third-order valence-corrected chi connectivity index (χ3v) is 10.3. The summed E-state index contributed by atoms with van der Waals surface area (Å²) in [6, 6.07) is 6.43. The Hall–Kier alpha value is -4.20. The van der Waals surface area contributed by atoms with E-state index in [1.54, 1.807) is 50.5 Å². The van der Waals surface area contributed by atoms with Gasteiger partial charge in [0.05, 0.1) is 24.4 Å². The van der Waals surface area contributed by atoms with Crippen molar-refractivity contribution in [1.29, 1.82) is 0 Å². The number of esters is 1. The first-order chi connectivity index (χ1) is 28.4. The van der Waals surface area contributed by atoms with Gasteiger partial charge in [-0.05, 0) is 98.7 Å².